The lowest BCUT2D eigenvalue weighted by Gasteiger charge is -2.35. The molecule has 3 aromatic rings. The summed E-state index contributed by atoms with van der Waals surface area (Å²) in [5, 5.41) is 14.0. The summed E-state index contributed by atoms with van der Waals surface area (Å²) in [5.74, 6) is -1.70. The van der Waals surface area contributed by atoms with Crippen molar-refractivity contribution >= 4 is 34.2 Å². The molecule has 6 nitrogen and oxygen atoms in total. The van der Waals surface area contributed by atoms with E-state index in [1.165, 1.54) is 11.3 Å². The summed E-state index contributed by atoms with van der Waals surface area (Å²) in [4.78, 5) is 30.1. The van der Waals surface area contributed by atoms with Crippen molar-refractivity contribution in [1.29, 1.82) is 0 Å². The predicted octanol–water partition coefficient (Wildman–Crippen LogP) is 7.38. The van der Waals surface area contributed by atoms with Gasteiger partial charge in [0.05, 0.1) is 17.0 Å². The molecule has 0 saturated heterocycles. The second-order valence-electron chi connectivity index (χ2n) is 10.9. The first-order valence-electron chi connectivity index (χ1n) is 13.7. The SMILES string of the molecule is CC(C)CCC(CCC(=O)O)NC(=O)c1ccc2c(c1)nc(Cc1cccs1)n2C1CCCCC1C(F)(F)F. The van der Waals surface area contributed by atoms with Crippen LogP contribution in [0.5, 0.6) is 0 Å². The van der Waals surface area contributed by atoms with Crippen LogP contribution in [0.25, 0.3) is 11.0 Å². The summed E-state index contributed by atoms with van der Waals surface area (Å²) >= 11 is 1.54. The van der Waals surface area contributed by atoms with E-state index in [1.807, 2.05) is 17.5 Å². The molecule has 10 heteroatoms. The van der Waals surface area contributed by atoms with Gasteiger partial charge in [0.1, 0.15) is 5.82 Å². The third kappa shape index (κ3) is 7.41. The zero-order chi connectivity index (χ0) is 28.2. The Morgan fingerprint density at radius 2 is 1.92 bits per heavy atom. The summed E-state index contributed by atoms with van der Waals surface area (Å²) in [7, 11) is 0. The van der Waals surface area contributed by atoms with E-state index >= 15 is 0 Å². The average Bonchev–Trinajstić information content (AvgIpc) is 3.52. The molecule has 2 N–H and O–H groups in total. The number of hydrogen-bond donors (Lipinski definition) is 2. The molecule has 1 amide bonds. The molecule has 0 aliphatic heterocycles. The van der Waals surface area contributed by atoms with Crippen molar-refractivity contribution in [2.75, 3.05) is 0 Å². The van der Waals surface area contributed by atoms with Gasteiger partial charge in [-0.05, 0) is 67.7 Å². The number of imidazole rings is 1. The van der Waals surface area contributed by atoms with Crippen LogP contribution in [0.1, 0.15) is 92.3 Å². The summed E-state index contributed by atoms with van der Waals surface area (Å²) in [6.45, 7) is 4.15. The molecule has 1 aromatic carbocycles. The summed E-state index contributed by atoms with van der Waals surface area (Å²) in [6, 6.07) is 7.81. The fourth-order valence-corrected chi connectivity index (χ4v) is 6.25. The number of hydrogen-bond acceptors (Lipinski definition) is 4. The predicted molar refractivity (Wildman–Crippen MR) is 146 cm³/mol. The van der Waals surface area contributed by atoms with Gasteiger partial charge in [-0.15, -0.1) is 11.3 Å². The number of aromatic nitrogens is 2. The van der Waals surface area contributed by atoms with Crippen molar-refractivity contribution < 1.29 is 27.9 Å². The smallest absolute Gasteiger partial charge is 0.393 e. The maximum atomic E-state index is 14.1. The second kappa shape index (κ2) is 12.5. The Bertz CT molecular complexity index is 1270. The van der Waals surface area contributed by atoms with E-state index in [9.17, 15) is 22.8 Å². The van der Waals surface area contributed by atoms with E-state index in [-0.39, 0.29) is 24.8 Å². The van der Waals surface area contributed by atoms with E-state index in [0.717, 1.165) is 17.7 Å². The Kier molecular flexibility index (Phi) is 9.35. The van der Waals surface area contributed by atoms with Gasteiger partial charge < -0.3 is 15.0 Å². The number of amides is 1. The van der Waals surface area contributed by atoms with Gasteiger partial charge in [-0.3, -0.25) is 9.59 Å². The molecule has 2 heterocycles. The van der Waals surface area contributed by atoms with Crippen LogP contribution >= 0.6 is 11.3 Å². The standard InChI is InChI=1S/C29H36F3N3O3S/c1-18(2)9-11-20(12-14-27(36)37)33-28(38)19-10-13-25-23(16-19)34-26(17-21-6-5-15-39-21)35(25)24-8-4-3-7-22(24)29(30,31)32/h5-6,10,13,15-16,18,20,22,24H,3-4,7-9,11-12,14,17H2,1-2H3,(H,33,38)(H,36,37). The minimum atomic E-state index is -4.30. The first kappa shape index (κ1) is 29.1. The molecule has 2 aromatic heterocycles. The van der Waals surface area contributed by atoms with Crippen molar-refractivity contribution in [2.24, 2.45) is 11.8 Å². The molecule has 1 fully saturated rings. The van der Waals surface area contributed by atoms with Crippen molar-refractivity contribution in [3.05, 3.63) is 52.0 Å². The van der Waals surface area contributed by atoms with Gasteiger partial charge in [-0.1, -0.05) is 32.8 Å². The van der Waals surface area contributed by atoms with Crippen molar-refractivity contribution in [3.8, 4) is 0 Å². The highest BCUT2D eigenvalue weighted by molar-refractivity contribution is 7.09. The monoisotopic (exact) mass is 563 g/mol. The van der Waals surface area contributed by atoms with Gasteiger partial charge in [0, 0.05) is 35.4 Å². The minimum Gasteiger partial charge on any atom is -0.481 e. The fraction of sp³-hybridized carbons (Fsp3) is 0.552. The normalized spacial score (nSPS) is 18.9. The van der Waals surface area contributed by atoms with Crippen LogP contribution < -0.4 is 5.32 Å². The average molecular weight is 564 g/mol. The number of carboxylic acid groups (broad SMARTS) is 1. The maximum absolute atomic E-state index is 14.1. The third-order valence-corrected chi connectivity index (χ3v) is 8.43. The van der Waals surface area contributed by atoms with Gasteiger partial charge in [-0.2, -0.15) is 13.2 Å². The van der Waals surface area contributed by atoms with Gasteiger partial charge in [0.25, 0.3) is 5.91 Å². The number of carbonyl (C=O) groups is 2. The lowest BCUT2D eigenvalue weighted by Crippen LogP contribution is -2.35. The Morgan fingerprint density at radius 3 is 2.59 bits per heavy atom. The van der Waals surface area contributed by atoms with Crippen LogP contribution in [0.15, 0.2) is 35.7 Å². The van der Waals surface area contributed by atoms with Crippen molar-refractivity contribution in [1.82, 2.24) is 14.9 Å². The van der Waals surface area contributed by atoms with Gasteiger partial charge in [0.15, 0.2) is 0 Å². The van der Waals surface area contributed by atoms with Crippen LogP contribution in [0.4, 0.5) is 13.2 Å². The van der Waals surface area contributed by atoms with E-state index in [4.69, 9.17) is 10.1 Å². The largest absolute Gasteiger partial charge is 0.481 e. The molecule has 0 bridgehead atoms. The molecule has 0 radical (unpaired) electrons. The fourth-order valence-electron chi connectivity index (χ4n) is 5.55. The molecule has 39 heavy (non-hydrogen) atoms. The highest BCUT2D eigenvalue weighted by Gasteiger charge is 2.47. The second-order valence-corrected chi connectivity index (χ2v) is 12.0. The molecule has 4 rings (SSSR count). The van der Waals surface area contributed by atoms with Crippen LogP contribution in [0.3, 0.4) is 0 Å². The summed E-state index contributed by atoms with van der Waals surface area (Å²) in [6.07, 6.45) is -0.277. The van der Waals surface area contributed by atoms with Crippen molar-refractivity contribution in [3.63, 3.8) is 0 Å². The molecular weight excluding hydrogens is 527 g/mol. The number of benzene rings is 1. The lowest BCUT2D eigenvalue weighted by atomic mass is 9.83. The van der Waals surface area contributed by atoms with Crippen LogP contribution in [0, 0.1) is 11.8 Å². The van der Waals surface area contributed by atoms with Crippen LogP contribution in [0.2, 0.25) is 0 Å². The van der Waals surface area contributed by atoms with E-state index in [2.05, 4.69) is 19.2 Å². The molecule has 212 valence electrons. The molecule has 3 atom stereocenters. The number of carbonyl (C=O) groups excluding carboxylic acids is 1. The molecule has 0 spiro atoms. The zero-order valence-electron chi connectivity index (χ0n) is 22.3. The molecule has 1 aliphatic rings. The Labute approximate surface area is 230 Å². The topological polar surface area (TPSA) is 84.2 Å². The number of alkyl halides is 3. The first-order valence-corrected chi connectivity index (χ1v) is 14.5. The quantitative estimate of drug-likeness (QED) is 0.255. The highest BCUT2D eigenvalue weighted by atomic mass is 32.1. The number of carboxylic acids is 1. The van der Waals surface area contributed by atoms with Crippen LogP contribution in [-0.2, 0) is 11.2 Å². The summed E-state index contributed by atoms with van der Waals surface area (Å²) in [5.41, 5.74) is 1.45. The number of rotatable bonds is 11. The number of thiophene rings is 1. The van der Waals surface area contributed by atoms with Gasteiger partial charge in [0.2, 0.25) is 0 Å². The zero-order valence-corrected chi connectivity index (χ0v) is 23.2. The third-order valence-electron chi connectivity index (χ3n) is 7.55. The molecule has 1 aliphatic carbocycles. The number of nitrogens with one attached hydrogen (secondary N) is 1. The van der Waals surface area contributed by atoms with Crippen molar-refractivity contribution in [2.45, 2.75) is 89.9 Å². The lowest BCUT2D eigenvalue weighted by molar-refractivity contribution is -0.193. The molecular formula is C29H36F3N3O3S. The Morgan fingerprint density at radius 1 is 1.15 bits per heavy atom. The van der Waals surface area contributed by atoms with E-state index in [1.54, 1.807) is 22.8 Å². The molecule has 3 unspecified atom stereocenters. The first-order chi connectivity index (χ1) is 18.5. The molecule has 1 saturated carbocycles. The Hall–Kier alpha value is -2.88. The number of fused-ring (bicyclic) bond motifs is 1. The minimum absolute atomic E-state index is 0.0413. The maximum Gasteiger partial charge on any atom is 0.393 e. The van der Waals surface area contributed by atoms with E-state index in [0.29, 0.717) is 60.4 Å². The van der Waals surface area contributed by atoms with Gasteiger partial charge in [-0.25, -0.2) is 4.98 Å². The Balaban J connectivity index is 1.66. The highest BCUT2D eigenvalue weighted by Crippen LogP contribution is 2.45. The number of halogens is 3. The number of aliphatic carboxylic acids is 1. The number of nitrogens with zero attached hydrogens (tertiary/aromatic N) is 2. The van der Waals surface area contributed by atoms with Gasteiger partial charge >= 0.3 is 12.1 Å². The summed E-state index contributed by atoms with van der Waals surface area (Å²) < 4.78 is 44.0. The van der Waals surface area contributed by atoms with E-state index < -0.39 is 24.1 Å². The van der Waals surface area contributed by atoms with Crippen LogP contribution in [-0.4, -0.2) is 38.8 Å².